The highest BCUT2D eigenvalue weighted by atomic mass is 16.5. The number of amidine groups is 1. The second-order valence-corrected chi connectivity index (χ2v) is 4.91. The Morgan fingerprint density at radius 1 is 1.42 bits per heavy atom. The maximum atomic E-state index is 8.70. The summed E-state index contributed by atoms with van der Waals surface area (Å²) in [5, 5.41) is 11.7. The van der Waals surface area contributed by atoms with E-state index in [4.69, 9.17) is 20.4 Å². The van der Waals surface area contributed by atoms with Crippen LogP contribution in [0.1, 0.15) is 38.3 Å². The third kappa shape index (κ3) is 4.13. The van der Waals surface area contributed by atoms with Gasteiger partial charge in [0.1, 0.15) is 5.75 Å². The first-order valence-corrected chi connectivity index (χ1v) is 6.22. The van der Waals surface area contributed by atoms with Gasteiger partial charge in [-0.15, -0.1) is 0 Å². The highest BCUT2D eigenvalue weighted by Crippen LogP contribution is 2.24. The Balaban J connectivity index is 2.97. The molecule has 0 aromatic heterocycles. The molecule has 19 heavy (non-hydrogen) atoms. The third-order valence-corrected chi connectivity index (χ3v) is 3.15. The molecule has 0 amide bonds. The van der Waals surface area contributed by atoms with E-state index in [0.717, 1.165) is 17.7 Å². The Morgan fingerprint density at radius 2 is 2.11 bits per heavy atom. The maximum Gasteiger partial charge on any atom is 0.170 e. The van der Waals surface area contributed by atoms with Crippen LogP contribution in [0.15, 0.2) is 23.4 Å². The second kappa shape index (κ2) is 6.43. The summed E-state index contributed by atoms with van der Waals surface area (Å²) in [4.78, 5) is 0. The van der Waals surface area contributed by atoms with Crippen molar-refractivity contribution in [1.82, 2.24) is 0 Å². The predicted octanol–water partition coefficient (Wildman–Crippen LogP) is 2.49. The number of nitrogens with two attached hydrogens (primary N) is 1. The van der Waals surface area contributed by atoms with Crippen LogP contribution in [0.4, 0.5) is 0 Å². The number of ether oxygens (including phenoxy) is 2. The van der Waals surface area contributed by atoms with Crippen LogP contribution in [0.25, 0.3) is 0 Å². The van der Waals surface area contributed by atoms with E-state index in [1.54, 1.807) is 25.3 Å². The monoisotopic (exact) mass is 266 g/mol. The van der Waals surface area contributed by atoms with E-state index in [1.807, 2.05) is 13.8 Å². The van der Waals surface area contributed by atoms with Gasteiger partial charge in [-0.3, -0.25) is 0 Å². The van der Waals surface area contributed by atoms with Crippen LogP contribution in [0.3, 0.4) is 0 Å². The summed E-state index contributed by atoms with van der Waals surface area (Å²) in [5.41, 5.74) is 6.89. The molecule has 0 aliphatic heterocycles. The molecule has 1 aromatic carbocycles. The van der Waals surface area contributed by atoms with E-state index in [2.05, 4.69) is 12.1 Å². The molecule has 106 valence electrons. The van der Waals surface area contributed by atoms with Gasteiger partial charge in [0, 0.05) is 11.1 Å². The van der Waals surface area contributed by atoms with Crippen molar-refractivity contribution in [2.75, 3.05) is 7.11 Å². The van der Waals surface area contributed by atoms with Gasteiger partial charge in [0.2, 0.25) is 0 Å². The van der Waals surface area contributed by atoms with Gasteiger partial charge in [-0.1, -0.05) is 12.1 Å². The third-order valence-electron chi connectivity index (χ3n) is 3.15. The van der Waals surface area contributed by atoms with Gasteiger partial charge in [0.05, 0.1) is 19.3 Å². The lowest BCUT2D eigenvalue weighted by atomic mass is 10.1. The van der Waals surface area contributed by atoms with Crippen LogP contribution in [0.2, 0.25) is 0 Å². The number of rotatable bonds is 6. The quantitative estimate of drug-likeness (QED) is 0.359. The average Bonchev–Trinajstić information content (AvgIpc) is 2.44. The first-order valence-electron chi connectivity index (χ1n) is 6.22. The molecule has 0 saturated carbocycles. The van der Waals surface area contributed by atoms with Gasteiger partial charge in [-0.05, 0) is 38.5 Å². The van der Waals surface area contributed by atoms with Crippen molar-refractivity contribution in [2.24, 2.45) is 10.9 Å². The number of hydrogen-bond acceptors (Lipinski definition) is 4. The molecule has 1 rings (SSSR count). The van der Waals surface area contributed by atoms with E-state index in [1.165, 1.54) is 0 Å². The molecule has 0 bridgehead atoms. The molecule has 0 aliphatic carbocycles. The van der Waals surface area contributed by atoms with Crippen molar-refractivity contribution in [3.05, 3.63) is 29.3 Å². The summed E-state index contributed by atoms with van der Waals surface area (Å²) >= 11 is 0. The molecule has 3 N–H and O–H groups in total. The molecule has 0 heterocycles. The lowest BCUT2D eigenvalue weighted by Gasteiger charge is -2.24. The summed E-state index contributed by atoms with van der Waals surface area (Å²) in [6.07, 6.45) is 0.912. The number of nitrogens with zero attached hydrogens (tertiary/aromatic N) is 1. The predicted molar refractivity (Wildman–Crippen MR) is 74.7 cm³/mol. The van der Waals surface area contributed by atoms with E-state index in [-0.39, 0.29) is 11.4 Å². The Labute approximate surface area is 114 Å². The molecule has 0 aliphatic rings. The smallest absolute Gasteiger partial charge is 0.170 e. The molecule has 0 unspecified atom stereocenters. The molecular weight excluding hydrogens is 244 g/mol. The van der Waals surface area contributed by atoms with Crippen molar-refractivity contribution in [1.29, 1.82) is 0 Å². The minimum atomic E-state index is -0.197. The molecule has 0 radical (unpaired) electrons. The Kier molecular flexibility index (Phi) is 5.18. The van der Waals surface area contributed by atoms with Crippen LogP contribution >= 0.6 is 0 Å². The van der Waals surface area contributed by atoms with E-state index < -0.39 is 0 Å². The summed E-state index contributed by atoms with van der Waals surface area (Å²) in [7, 11) is 1.60. The molecule has 5 heteroatoms. The van der Waals surface area contributed by atoms with Crippen LogP contribution in [-0.2, 0) is 11.3 Å². The van der Waals surface area contributed by atoms with Crippen molar-refractivity contribution in [2.45, 2.75) is 39.4 Å². The molecule has 1 aromatic rings. The Hall–Kier alpha value is -1.75. The van der Waals surface area contributed by atoms with Gasteiger partial charge >= 0.3 is 0 Å². The zero-order valence-electron chi connectivity index (χ0n) is 11.9. The van der Waals surface area contributed by atoms with Gasteiger partial charge in [0.15, 0.2) is 5.84 Å². The van der Waals surface area contributed by atoms with E-state index in [9.17, 15) is 0 Å². The molecule has 0 atom stereocenters. The largest absolute Gasteiger partial charge is 0.496 e. The molecular formula is C14H22N2O3. The van der Waals surface area contributed by atoms with Crippen molar-refractivity contribution >= 4 is 5.84 Å². The van der Waals surface area contributed by atoms with Gasteiger partial charge in [0.25, 0.3) is 0 Å². The zero-order chi connectivity index (χ0) is 14.5. The SMILES string of the molecule is CCC(C)(C)OCc1cc(/C(N)=N/O)ccc1OC. The molecule has 0 spiro atoms. The van der Waals surface area contributed by atoms with Crippen LogP contribution in [0.5, 0.6) is 5.75 Å². The normalized spacial score (nSPS) is 12.5. The van der Waals surface area contributed by atoms with E-state index in [0.29, 0.717) is 12.2 Å². The van der Waals surface area contributed by atoms with Crippen LogP contribution < -0.4 is 10.5 Å². The number of methoxy groups -OCH3 is 1. The lowest BCUT2D eigenvalue weighted by Crippen LogP contribution is -2.23. The summed E-state index contributed by atoms with van der Waals surface area (Å²) in [6, 6.07) is 5.33. The molecule has 0 saturated heterocycles. The fraction of sp³-hybridized carbons (Fsp3) is 0.500. The van der Waals surface area contributed by atoms with Gasteiger partial charge in [-0.2, -0.15) is 0 Å². The maximum absolute atomic E-state index is 8.70. The summed E-state index contributed by atoms with van der Waals surface area (Å²) < 4.78 is 11.1. The molecule has 5 nitrogen and oxygen atoms in total. The van der Waals surface area contributed by atoms with E-state index >= 15 is 0 Å². The Morgan fingerprint density at radius 3 is 2.63 bits per heavy atom. The van der Waals surface area contributed by atoms with Crippen LogP contribution in [0, 0.1) is 0 Å². The molecule has 0 fully saturated rings. The van der Waals surface area contributed by atoms with Crippen molar-refractivity contribution in [3.8, 4) is 5.75 Å². The first kappa shape index (κ1) is 15.3. The zero-order valence-corrected chi connectivity index (χ0v) is 11.9. The highest BCUT2D eigenvalue weighted by molar-refractivity contribution is 5.97. The average molecular weight is 266 g/mol. The minimum absolute atomic E-state index is 0.0682. The minimum Gasteiger partial charge on any atom is -0.496 e. The van der Waals surface area contributed by atoms with Gasteiger partial charge < -0.3 is 20.4 Å². The summed E-state index contributed by atoms with van der Waals surface area (Å²) in [6.45, 7) is 6.56. The Bertz CT molecular complexity index is 456. The number of benzene rings is 1. The van der Waals surface area contributed by atoms with Crippen LogP contribution in [-0.4, -0.2) is 23.8 Å². The van der Waals surface area contributed by atoms with Gasteiger partial charge in [-0.25, -0.2) is 0 Å². The fourth-order valence-corrected chi connectivity index (χ4v) is 1.48. The topological polar surface area (TPSA) is 77.1 Å². The fourth-order valence-electron chi connectivity index (χ4n) is 1.48. The number of hydrogen-bond donors (Lipinski definition) is 2. The second-order valence-electron chi connectivity index (χ2n) is 4.91. The standard InChI is InChI=1S/C14H22N2O3/c1-5-14(2,3)19-9-11-8-10(13(15)16-17)6-7-12(11)18-4/h6-8,17H,5,9H2,1-4H3,(H2,15,16). The lowest BCUT2D eigenvalue weighted by molar-refractivity contribution is -0.0322. The highest BCUT2D eigenvalue weighted by Gasteiger charge is 2.17. The van der Waals surface area contributed by atoms with Crippen molar-refractivity contribution in [3.63, 3.8) is 0 Å². The number of oxime groups is 1. The van der Waals surface area contributed by atoms with Crippen molar-refractivity contribution < 1.29 is 14.7 Å². The summed E-state index contributed by atoms with van der Waals surface area (Å²) in [5.74, 6) is 0.792. The first-order chi connectivity index (χ1) is 8.93.